The maximum Gasteiger partial charge on any atom is 0.373 e. The van der Waals surface area contributed by atoms with E-state index < -0.39 is 5.97 Å². The number of aromatic nitrogens is 10. The second-order valence-corrected chi connectivity index (χ2v) is 21.9. The molecule has 3 fully saturated rings. The first-order valence-corrected chi connectivity index (χ1v) is 28.1. The van der Waals surface area contributed by atoms with Crippen LogP contribution in [0.25, 0.3) is 27.7 Å². The molecule has 10 aromatic rings. The summed E-state index contributed by atoms with van der Waals surface area (Å²) in [5.74, 6) is 1.63. The summed E-state index contributed by atoms with van der Waals surface area (Å²) < 4.78 is 7.95. The maximum atomic E-state index is 12.6. The van der Waals surface area contributed by atoms with Crippen LogP contribution in [-0.4, -0.2) is 128 Å². The molecule has 0 unspecified atom stereocenters. The summed E-state index contributed by atoms with van der Waals surface area (Å²) >= 11 is 6.47. The number of nitrogens with zero attached hydrogens (tertiary/aromatic N) is 13. The molecule has 13 rings (SSSR count). The number of nitrogens with two attached hydrogens (primary N) is 1. The Morgan fingerprint density at radius 1 is 0.512 bits per heavy atom. The van der Waals surface area contributed by atoms with Gasteiger partial charge in [0.1, 0.15) is 0 Å². The highest BCUT2D eigenvalue weighted by Gasteiger charge is 2.29. The van der Waals surface area contributed by atoms with Gasteiger partial charge in [0.05, 0.1) is 21.0 Å². The van der Waals surface area contributed by atoms with Crippen molar-refractivity contribution in [3.05, 3.63) is 196 Å². The molecule has 0 spiro atoms. The number of fused-ring (bicyclic) bond motifs is 3. The molecule has 22 heteroatoms. The second-order valence-electron chi connectivity index (χ2n) is 20.0. The zero-order valence-corrected chi connectivity index (χ0v) is 48.0. The van der Waals surface area contributed by atoms with E-state index in [1.165, 1.54) is 34.6 Å². The number of aryl methyl sites for hydroxylation is 3. The van der Waals surface area contributed by atoms with Crippen LogP contribution in [0, 0.1) is 20.8 Å². The van der Waals surface area contributed by atoms with E-state index >= 15 is 0 Å². The van der Waals surface area contributed by atoms with Crippen molar-refractivity contribution < 1.29 is 19.5 Å². The first kappa shape index (κ1) is 58.1. The van der Waals surface area contributed by atoms with E-state index in [0.717, 1.165) is 96.1 Å². The quantitative estimate of drug-likeness (QED) is 0.105. The lowest BCUT2D eigenvalue weighted by molar-refractivity contribution is 0.0682. The van der Waals surface area contributed by atoms with E-state index in [-0.39, 0.29) is 49.0 Å². The molecule has 0 bridgehead atoms. The van der Waals surface area contributed by atoms with E-state index in [1.807, 2.05) is 98.0 Å². The Morgan fingerprint density at radius 2 is 0.951 bits per heavy atom. The Balaban J connectivity index is 0.000000140. The Morgan fingerprint density at radius 3 is 1.40 bits per heavy atom. The lowest BCUT2D eigenvalue weighted by atomic mass is 10.1. The van der Waals surface area contributed by atoms with Gasteiger partial charge in [0.2, 0.25) is 11.6 Å². The maximum absolute atomic E-state index is 12.6. The number of aromatic carboxylic acids is 1. The van der Waals surface area contributed by atoms with Crippen molar-refractivity contribution >= 4 is 83.6 Å². The number of halogens is 2. The van der Waals surface area contributed by atoms with Crippen LogP contribution in [0.2, 0.25) is 0 Å². The van der Waals surface area contributed by atoms with E-state index in [9.17, 15) is 14.4 Å². The zero-order chi connectivity index (χ0) is 56.6. The molecular formula is C60H64Br2N16O4. The Kier molecular flexibility index (Phi) is 18.6. The van der Waals surface area contributed by atoms with Crippen LogP contribution in [-0.2, 0) is 0 Å². The van der Waals surface area contributed by atoms with Crippen LogP contribution < -0.4 is 31.1 Å². The third-order valence-electron chi connectivity index (χ3n) is 14.3. The lowest BCUT2D eigenvalue weighted by Crippen LogP contribution is -2.38. The average Bonchev–Trinajstić information content (AvgIpc) is 4.55. The molecule has 11 heterocycles. The number of carbonyl (C=O) groups excluding carboxylic acids is 2. The Hall–Kier alpha value is -8.60. The van der Waals surface area contributed by atoms with Gasteiger partial charge in [0.25, 0.3) is 11.8 Å². The van der Waals surface area contributed by atoms with Crippen molar-refractivity contribution in [2.45, 2.75) is 65.6 Å². The SMILES string of the molecule is C.Cc1ccn2ccnc(N3CC[C@H](N)C3)c12.Cc1ccn2ccnc(N3CC[C@H](NC(=O)c4ccc(Br)cc4)C3)c12.Cc1ccn2ccnc(N3CC[C@H](NC(=O)c4ncc(-c5ccccc5)cn4)C3)c12.O=C(O)c1ncc(Br)cn1. The molecule has 0 radical (unpaired) electrons. The highest BCUT2D eigenvalue weighted by atomic mass is 79.9. The number of carboxylic acids is 1. The molecule has 422 valence electrons. The van der Waals surface area contributed by atoms with Crippen LogP contribution in [0.15, 0.2) is 162 Å². The minimum atomic E-state index is -1.12. The molecule has 82 heavy (non-hydrogen) atoms. The Labute approximate surface area is 491 Å². The fourth-order valence-corrected chi connectivity index (χ4v) is 10.7. The monoisotopic (exact) mass is 1230 g/mol. The minimum absolute atomic E-state index is 0. The molecule has 20 nitrogen and oxygen atoms in total. The van der Waals surface area contributed by atoms with Crippen LogP contribution in [0.1, 0.15) is 75.0 Å². The molecule has 2 aromatic carbocycles. The summed E-state index contributed by atoms with van der Waals surface area (Å²) in [4.78, 5) is 71.3. The number of rotatable bonds is 9. The van der Waals surface area contributed by atoms with Crippen molar-refractivity contribution in [3.8, 4) is 11.1 Å². The van der Waals surface area contributed by atoms with Gasteiger partial charge < -0.3 is 49.4 Å². The van der Waals surface area contributed by atoms with Crippen molar-refractivity contribution in [3.63, 3.8) is 0 Å². The molecule has 5 N–H and O–H groups in total. The highest BCUT2D eigenvalue weighted by molar-refractivity contribution is 9.10. The molecule has 3 aliphatic rings. The summed E-state index contributed by atoms with van der Waals surface area (Å²) in [5, 5.41) is 14.5. The normalized spacial score (nSPS) is 16.4. The van der Waals surface area contributed by atoms with Crippen LogP contribution in [0.3, 0.4) is 0 Å². The summed E-state index contributed by atoms with van der Waals surface area (Å²) in [7, 11) is 0. The fourth-order valence-electron chi connectivity index (χ4n) is 10.2. The number of amides is 2. The van der Waals surface area contributed by atoms with Crippen molar-refractivity contribution in [2.24, 2.45) is 5.73 Å². The predicted octanol–water partition coefficient (Wildman–Crippen LogP) is 9.28. The third-order valence-corrected chi connectivity index (χ3v) is 15.2. The molecule has 3 atom stereocenters. The van der Waals surface area contributed by atoms with Crippen molar-refractivity contribution in [2.75, 3.05) is 54.0 Å². The number of carboxylic acid groups (broad SMARTS) is 1. The van der Waals surface area contributed by atoms with Gasteiger partial charge in [-0.3, -0.25) is 9.59 Å². The first-order valence-electron chi connectivity index (χ1n) is 26.5. The summed E-state index contributed by atoms with van der Waals surface area (Å²) in [6, 6.07) is 24.1. The van der Waals surface area contributed by atoms with Gasteiger partial charge in [-0.05, 0) is 121 Å². The fraction of sp³-hybridized carbons (Fsp3) is 0.267. The van der Waals surface area contributed by atoms with E-state index in [4.69, 9.17) is 10.8 Å². The molecule has 3 saturated heterocycles. The van der Waals surface area contributed by atoms with Gasteiger partial charge >= 0.3 is 5.97 Å². The first-order chi connectivity index (χ1) is 39.3. The van der Waals surface area contributed by atoms with Crippen LogP contribution >= 0.6 is 31.9 Å². The smallest absolute Gasteiger partial charge is 0.373 e. The molecule has 0 aliphatic carbocycles. The molecule has 2 amide bonds. The summed E-state index contributed by atoms with van der Waals surface area (Å²) in [6.07, 6.45) is 26.6. The average molecular weight is 1230 g/mol. The van der Waals surface area contributed by atoms with Gasteiger partial charge in [0.15, 0.2) is 17.5 Å². The predicted molar refractivity (Wildman–Crippen MR) is 326 cm³/mol. The molecule has 0 saturated carbocycles. The van der Waals surface area contributed by atoms with Crippen molar-refractivity contribution in [1.82, 2.24) is 58.7 Å². The summed E-state index contributed by atoms with van der Waals surface area (Å²) in [5.41, 5.74) is 15.7. The number of hydrogen-bond donors (Lipinski definition) is 4. The van der Waals surface area contributed by atoms with E-state index in [2.05, 4.69) is 157 Å². The molecular weight excluding hydrogens is 1170 g/mol. The zero-order valence-electron chi connectivity index (χ0n) is 44.8. The Bertz CT molecular complexity index is 3800. The van der Waals surface area contributed by atoms with Crippen LogP contribution in [0.4, 0.5) is 17.5 Å². The molecule has 8 aromatic heterocycles. The summed E-state index contributed by atoms with van der Waals surface area (Å²) in [6.45, 7) is 11.5. The van der Waals surface area contributed by atoms with Gasteiger partial charge in [-0.15, -0.1) is 0 Å². The van der Waals surface area contributed by atoms with E-state index in [0.29, 0.717) is 16.6 Å². The van der Waals surface area contributed by atoms with Gasteiger partial charge in [0, 0.05) is 154 Å². The minimum Gasteiger partial charge on any atom is -0.475 e. The lowest BCUT2D eigenvalue weighted by Gasteiger charge is -2.19. The van der Waals surface area contributed by atoms with Crippen LogP contribution in [0.5, 0.6) is 0 Å². The third kappa shape index (κ3) is 13.6. The number of hydrogen-bond acceptors (Lipinski definition) is 14. The number of benzene rings is 2. The second kappa shape index (κ2) is 26.3. The van der Waals surface area contributed by atoms with Crippen molar-refractivity contribution in [1.29, 1.82) is 0 Å². The van der Waals surface area contributed by atoms with Gasteiger partial charge in [-0.2, -0.15) is 0 Å². The number of carbonyl (C=O) groups is 3. The van der Waals surface area contributed by atoms with Gasteiger partial charge in [-0.25, -0.2) is 39.7 Å². The van der Waals surface area contributed by atoms with Gasteiger partial charge in [-0.1, -0.05) is 53.7 Å². The topological polar surface area (TPSA) is 235 Å². The highest BCUT2D eigenvalue weighted by Crippen LogP contribution is 2.29. The standard InChI is InChI=1S/C23H22N6O.C19H19BrN4O.C12H16N4.C5H3BrN2O2.CH4/c1-16-7-10-28-12-9-24-22(20(16)28)29-11-8-19(15-29)27-23(30)21-25-13-18(14-26-21)17-5-3-2-4-6-17;1-13-6-9-23-11-8-21-18(17(13)23)24-10-7-16(12-24)22-19(25)14-2-4-15(20)5-3-14;1-9-2-5-15-7-4-14-12(11(9)15)16-6-3-10(13)8-16;6-3-1-7-4(5(9)10)8-2-3;/h2-7,9-10,12-14,19H,8,11,15H2,1H3,(H,27,30);2-6,8-9,11,16H,7,10,12H2,1H3,(H,22,25);2,4-5,7,10H,3,6,8,13H2,1H3;1-2H,(H,9,10);1H4/t19-;16-;10-;;/m000../s1. The largest absolute Gasteiger partial charge is 0.475 e. The number of anilines is 3. The molecule has 3 aliphatic heterocycles. The number of nitrogens with one attached hydrogen (secondary N) is 2. The van der Waals surface area contributed by atoms with E-state index in [1.54, 1.807) is 12.4 Å².